The topological polar surface area (TPSA) is 81.6 Å². The molecule has 1 aromatic carbocycles. The van der Waals surface area contributed by atoms with Crippen molar-refractivity contribution in [2.45, 2.75) is 38.6 Å². The second-order valence-electron chi connectivity index (χ2n) is 4.79. The van der Waals surface area contributed by atoms with Crippen LogP contribution >= 0.6 is 0 Å². The molecular formula is C15H24N2O3. The summed E-state index contributed by atoms with van der Waals surface area (Å²) < 4.78 is 0. The van der Waals surface area contributed by atoms with E-state index in [4.69, 9.17) is 10.2 Å². The number of rotatable bonds is 8. The SMILES string of the molecule is CCC(CCO)NC(=O)NCCCc1ccc(O)cc1. The molecule has 0 aliphatic carbocycles. The third-order valence-electron chi connectivity index (χ3n) is 3.17. The lowest BCUT2D eigenvalue weighted by Gasteiger charge is -2.16. The third-order valence-corrected chi connectivity index (χ3v) is 3.17. The number of aromatic hydroxyl groups is 1. The van der Waals surface area contributed by atoms with Gasteiger partial charge < -0.3 is 20.8 Å². The number of aliphatic hydroxyl groups is 1. The van der Waals surface area contributed by atoms with Gasteiger partial charge in [0.25, 0.3) is 0 Å². The van der Waals surface area contributed by atoms with Crippen molar-refractivity contribution in [1.29, 1.82) is 0 Å². The Morgan fingerprint density at radius 3 is 2.60 bits per heavy atom. The molecule has 0 spiro atoms. The molecule has 1 rings (SSSR count). The Kier molecular flexibility index (Phi) is 7.50. The van der Waals surface area contributed by atoms with Crippen molar-refractivity contribution in [3.05, 3.63) is 29.8 Å². The minimum absolute atomic E-state index is 0.0251. The molecule has 5 heteroatoms. The molecule has 0 radical (unpaired) electrons. The van der Waals surface area contributed by atoms with Gasteiger partial charge in [-0.05, 0) is 43.4 Å². The van der Waals surface area contributed by atoms with Crippen LogP contribution in [0.4, 0.5) is 4.79 Å². The summed E-state index contributed by atoms with van der Waals surface area (Å²) in [6.07, 6.45) is 3.09. The van der Waals surface area contributed by atoms with Crippen molar-refractivity contribution in [2.24, 2.45) is 0 Å². The van der Waals surface area contributed by atoms with Gasteiger partial charge >= 0.3 is 6.03 Å². The molecule has 0 heterocycles. The van der Waals surface area contributed by atoms with E-state index in [1.54, 1.807) is 12.1 Å². The molecular weight excluding hydrogens is 256 g/mol. The quantitative estimate of drug-likeness (QED) is 0.548. The molecule has 0 aromatic heterocycles. The molecule has 1 aromatic rings. The van der Waals surface area contributed by atoms with Crippen molar-refractivity contribution in [1.82, 2.24) is 10.6 Å². The first-order valence-electron chi connectivity index (χ1n) is 7.08. The van der Waals surface area contributed by atoms with Crippen molar-refractivity contribution >= 4 is 6.03 Å². The number of carbonyl (C=O) groups excluding carboxylic acids is 1. The Balaban J connectivity index is 2.17. The van der Waals surface area contributed by atoms with Crippen molar-refractivity contribution < 1.29 is 15.0 Å². The number of hydrogen-bond acceptors (Lipinski definition) is 3. The number of carbonyl (C=O) groups is 1. The van der Waals surface area contributed by atoms with Crippen LogP contribution in [-0.2, 0) is 6.42 Å². The highest BCUT2D eigenvalue weighted by Gasteiger charge is 2.08. The lowest BCUT2D eigenvalue weighted by molar-refractivity contribution is 0.228. The standard InChI is InChI=1S/C15H24N2O3/c1-2-13(9-11-18)17-15(20)16-10-3-4-12-5-7-14(19)8-6-12/h5-8,13,18-19H,2-4,9-11H2,1H3,(H2,16,17,20). The predicted octanol–water partition coefficient (Wildman–Crippen LogP) is 1.79. The molecule has 0 saturated carbocycles. The molecule has 2 amide bonds. The van der Waals surface area contributed by atoms with Crippen LogP contribution in [0.25, 0.3) is 0 Å². The average Bonchev–Trinajstić information content (AvgIpc) is 2.45. The van der Waals surface area contributed by atoms with Crippen molar-refractivity contribution in [3.63, 3.8) is 0 Å². The zero-order chi connectivity index (χ0) is 14.8. The second kappa shape index (κ2) is 9.20. The Bertz CT molecular complexity index is 393. The van der Waals surface area contributed by atoms with Gasteiger partial charge in [0.05, 0.1) is 0 Å². The second-order valence-corrected chi connectivity index (χ2v) is 4.79. The van der Waals surface area contributed by atoms with E-state index < -0.39 is 0 Å². The van der Waals surface area contributed by atoms with Crippen LogP contribution in [0.5, 0.6) is 5.75 Å². The Labute approximate surface area is 120 Å². The van der Waals surface area contributed by atoms with Gasteiger partial charge in [-0.1, -0.05) is 19.1 Å². The first kappa shape index (κ1) is 16.3. The van der Waals surface area contributed by atoms with Gasteiger partial charge in [-0.3, -0.25) is 0 Å². The molecule has 4 N–H and O–H groups in total. The molecule has 0 fully saturated rings. The summed E-state index contributed by atoms with van der Waals surface area (Å²) in [7, 11) is 0. The van der Waals surface area contributed by atoms with E-state index in [9.17, 15) is 4.79 Å². The van der Waals surface area contributed by atoms with E-state index >= 15 is 0 Å². The van der Waals surface area contributed by atoms with E-state index in [0.29, 0.717) is 13.0 Å². The fourth-order valence-electron chi connectivity index (χ4n) is 1.93. The maximum absolute atomic E-state index is 11.6. The summed E-state index contributed by atoms with van der Waals surface area (Å²) in [5.41, 5.74) is 1.14. The number of phenolic OH excluding ortho intramolecular Hbond substituents is 1. The number of benzene rings is 1. The van der Waals surface area contributed by atoms with Crippen LogP contribution in [-0.4, -0.2) is 35.4 Å². The number of aryl methyl sites for hydroxylation is 1. The highest BCUT2D eigenvalue weighted by atomic mass is 16.3. The number of phenols is 1. The van der Waals surface area contributed by atoms with Crippen LogP contribution in [0.15, 0.2) is 24.3 Å². The van der Waals surface area contributed by atoms with Crippen LogP contribution in [0.2, 0.25) is 0 Å². The monoisotopic (exact) mass is 280 g/mol. The summed E-state index contributed by atoms with van der Waals surface area (Å²) in [5.74, 6) is 0.265. The molecule has 0 aliphatic heterocycles. The molecule has 112 valence electrons. The highest BCUT2D eigenvalue weighted by Crippen LogP contribution is 2.10. The molecule has 1 atom stereocenters. The maximum atomic E-state index is 11.6. The molecule has 0 bridgehead atoms. The van der Waals surface area contributed by atoms with Gasteiger partial charge in [0.1, 0.15) is 5.75 Å². The van der Waals surface area contributed by atoms with E-state index in [1.165, 1.54) is 0 Å². The number of aliphatic hydroxyl groups excluding tert-OH is 1. The highest BCUT2D eigenvalue weighted by molar-refractivity contribution is 5.74. The van der Waals surface area contributed by atoms with Gasteiger partial charge in [-0.2, -0.15) is 0 Å². The molecule has 20 heavy (non-hydrogen) atoms. The summed E-state index contributed by atoms with van der Waals surface area (Å²) in [6, 6.07) is 6.92. The number of urea groups is 1. The minimum atomic E-state index is -0.184. The van der Waals surface area contributed by atoms with Gasteiger partial charge in [-0.25, -0.2) is 4.79 Å². The maximum Gasteiger partial charge on any atom is 0.315 e. The summed E-state index contributed by atoms with van der Waals surface area (Å²) >= 11 is 0. The number of amides is 2. The fraction of sp³-hybridized carbons (Fsp3) is 0.533. The van der Waals surface area contributed by atoms with Crippen molar-refractivity contribution in [3.8, 4) is 5.75 Å². The number of hydrogen-bond donors (Lipinski definition) is 4. The lowest BCUT2D eigenvalue weighted by Crippen LogP contribution is -2.42. The van der Waals surface area contributed by atoms with Gasteiger partial charge in [-0.15, -0.1) is 0 Å². The number of nitrogens with one attached hydrogen (secondary N) is 2. The Morgan fingerprint density at radius 2 is 2.00 bits per heavy atom. The first-order chi connectivity index (χ1) is 9.65. The largest absolute Gasteiger partial charge is 0.508 e. The fourth-order valence-corrected chi connectivity index (χ4v) is 1.93. The first-order valence-corrected chi connectivity index (χ1v) is 7.08. The van der Waals surface area contributed by atoms with E-state index in [1.807, 2.05) is 19.1 Å². The van der Waals surface area contributed by atoms with E-state index in [0.717, 1.165) is 24.8 Å². The minimum Gasteiger partial charge on any atom is -0.508 e. The van der Waals surface area contributed by atoms with E-state index in [2.05, 4.69) is 10.6 Å². The van der Waals surface area contributed by atoms with E-state index in [-0.39, 0.29) is 24.4 Å². The zero-order valence-corrected chi connectivity index (χ0v) is 11.9. The van der Waals surface area contributed by atoms with Gasteiger partial charge in [0, 0.05) is 19.2 Å². The molecule has 5 nitrogen and oxygen atoms in total. The smallest absolute Gasteiger partial charge is 0.315 e. The lowest BCUT2D eigenvalue weighted by atomic mass is 10.1. The molecule has 1 unspecified atom stereocenters. The van der Waals surface area contributed by atoms with Crippen LogP contribution < -0.4 is 10.6 Å². The summed E-state index contributed by atoms with van der Waals surface area (Å²) in [5, 5.41) is 23.7. The average molecular weight is 280 g/mol. The Hall–Kier alpha value is -1.75. The summed E-state index contributed by atoms with van der Waals surface area (Å²) in [4.78, 5) is 11.6. The van der Waals surface area contributed by atoms with Crippen LogP contribution in [0.3, 0.4) is 0 Å². The van der Waals surface area contributed by atoms with Gasteiger partial charge in [0.2, 0.25) is 0 Å². The summed E-state index contributed by atoms with van der Waals surface area (Å²) in [6.45, 7) is 2.66. The molecule has 0 saturated heterocycles. The Morgan fingerprint density at radius 1 is 1.30 bits per heavy atom. The van der Waals surface area contributed by atoms with Crippen molar-refractivity contribution in [2.75, 3.05) is 13.2 Å². The zero-order valence-electron chi connectivity index (χ0n) is 11.9. The normalized spacial score (nSPS) is 11.9. The van der Waals surface area contributed by atoms with Gasteiger partial charge in [0.15, 0.2) is 0 Å². The third kappa shape index (κ3) is 6.43. The molecule has 0 aliphatic rings. The van der Waals surface area contributed by atoms with Crippen LogP contribution in [0.1, 0.15) is 31.7 Å². The predicted molar refractivity (Wildman–Crippen MR) is 78.7 cm³/mol. The van der Waals surface area contributed by atoms with Crippen LogP contribution in [0, 0.1) is 0 Å².